The van der Waals surface area contributed by atoms with Gasteiger partial charge in [-0.15, -0.1) is 0 Å². The van der Waals surface area contributed by atoms with Crippen LogP contribution < -0.4 is 9.47 Å². The number of benzene rings is 3. The smallest absolute Gasteiger partial charge is 0.258 e. The lowest BCUT2D eigenvalue weighted by Crippen LogP contribution is -1.96. The van der Waals surface area contributed by atoms with Crippen LogP contribution in [0.4, 0.5) is 0 Å². The van der Waals surface area contributed by atoms with Gasteiger partial charge in [-0.25, -0.2) is 0 Å². The first-order valence-electron chi connectivity index (χ1n) is 9.19. The Morgan fingerprint density at radius 3 is 2.67 bits per heavy atom. The van der Waals surface area contributed by atoms with E-state index in [-0.39, 0.29) is 0 Å². The molecule has 4 aromatic rings. The van der Waals surface area contributed by atoms with E-state index in [4.69, 9.17) is 37.2 Å². The van der Waals surface area contributed by atoms with Gasteiger partial charge in [0.05, 0.1) is 17.7 Å². The molecule has 0 atom stereocenters. The van der Waals surface area contributed by atoms with Gasteiger partial charge in [0.15, 0.2) is 0 Å². The number of nitrogens with zero attached hydrogens (tertiary/aromatic N) is 2. The first-order valence-corrected chi connectivity index (χ1v) is 9.95. The molecular weight excluding hydrogens is 423 g/mol. The van der Waals surface area contributed by atoms with E-state index in [1.54, 1.807) is 25.3 Å². The average Bonchev–Trinajstić information content (AvgIpc) is 3.25. The molecule has 0 unspecified atom stereocenters. The summed E-state index contributed by atoms with van der Waals surface area (Å²) < 4.78 is 16.7. The Kier molecular flexibility index (Phi) is 5.93. The van der Waals surface area contributed by atoms with E-state index in [0.717, 1.165) is 16.7 Å². The zero-order valence-corrected chi connectivity index (χ0v) is 17.9. The van der Waals surface area contributed by atoms with E-state index in [2.05, 4.69) is 10.1 Å². The van der Waals surface area contributed by atoms with Crippen molar-refractivity contribution in [2.75, 3.05) is 7.11 Å². The highest BCUT2D eigenvalue weighted by atomic mass is 35.5. The topological polar surface area (TPSA) is 57.4 Å². The first-order chi connectivity index (χ1) is 14.5. The van der Waals surface area contributed by atoms with Crippen molar-refractivity contribution < 1.29 is 14.0 Å². The second-order valence-electron chi connectivity index (χ2n) is 6.69. The molecule has 5 nitrogen and oxygen atoms in total. The van der Waals surface area contributed by atoms with Crippen molar-refractivity contribution >= 4 is 23.2 Å². The van der Waals surface area contributed by atoms with Gasteiger partial charge in [0.25, 0.3) is 5.89 Å². The van der Waals surface area contributed by atoms with Crippen LogP contribution in [-0.2, 0) is 6.61 Å². The number of methoxy groups -OCH3 is 1. The minimum absolute atomic E-state index is 0.361. The lowest BCUT2D eigenvalue weighted by Gasteiger charge is -2.09. The third-order valence-electron chi connectivity index (χ3n) is 4.48. The summed E-state index contributed by atoms with van der Waals surface area (Å²) in [5, 5.41) is 5.22. The maximum absolute atomic E-state index is 6.21. The molecule has 1 heterocycles. The van der Waals surface area contributed by atoms with Crippen molar-refractivity contribution in [3.05, 3.63) is 81.8 Å². The van der Waals surface area contributed by atoms with Gasteiger partial charge in [-0.1, -0.05) is 46.6 Å². The summed E-state index contributed by atoms with van der Waals surface area (Å²) in [6.07, 6.45) is 0. The average molecular weight is 441 g/mol. The number of halogens is 2. The molecule has 7 heteroatoms. The standard InChI is InChI=1S/C23H18Cl2N2O3/c1-14-6-8-19(25)21(10-14)29-13-15-4-3-5-16(11-15)23-26-22(27-30-23)18-12-17(24)7-9-20(18)28-2/h3-12H,13H2,1-2H3. The second kappa shape index (κ2) is 8.78. The zero-order chi connectivity index (χ0) is 21.1. The fraction of sp³-hybridized carbons (Fsp3) is 0.130. The predicted octanol–water partition coefficient (Wildman–Crippen LogP) is 6.61. The number of hydrogen-bond donors (Lipinski definition) is 0. The van der Waals surface area contributed by atoms with Gasteiger partial charge >= 0.3 is 0 Å². The quantitative estimate of drug-likeness (QED) is 0.337. The molecule has 0 bridgehead atoms. The summed E-state index contributed by atoms with van der Waals surface area (Å²) in [5.41, 5.74) is 3.47. The maximum atomic E-state index is 6.21. The molecule has 0 aliphatic carbocycles. The Morgan fingerprint density at radius 2 is 1.83 bits per heavy atom. The Labute approximate surface area is 184 Å². The summed E-state index contributed by atoms with van der Waals surface area (Å²) in [7, 11) is 1.58. The van der Waals surface area contributed by atoms with E-state index in [1.807, 2.05) is 49.4 Å². The van der Waals surface area contributed by atoms with Crippen molar-refractivity contribution in [1.82, 2.24) is 10.1 Å². The molecule has 4 rings (SSSR count). The molecule has 0 fully saturated rings. The Hall–Kier alpha value is -3.02. The van der Waals surface area contributed by atoms with Crippen LogP contribution >= 0.6 is 23.2 Å². The summed E-state index contributed by atoms with van der Waals surface area (Å²) in [5.74, 6) is 2.05. The summed E-state index contributed by atoms with van der Waals surface area (Å²) in [6, 6.07) is 18.6. The largest absolute Gasteiger partial charge is 0.496 e. The fourth-order valence-electron chi connectivity index (χ4n) is 2.98. The number of rotatable bonds is 6. The van der Waals surface area contributed by atoms with Gasteiger partial charge in [0.1, 0.15) is 18.1 Å². The van der Waals surface area contributed by atoms with Crippen LogP contribution in [-0.4, -0.2) is 17.3 Å². The van der Waals surface area contributed by atoms with Gasteiger partial charge in [-0.05, 0) is 60.5 Å². The molecule has 0 radical (unpaired) electrons. The van der Waals surface area contributed by atoms with Crippen molar-refractivity contribution in [2.24, 2.45) is 0 Å². The number of aromatic nitrogens is 2. The lowest BCUT2D eigenvalue weighted by atomic mass is 10.1. The van der Waals surface area contributed by atoms with Crippen LogP contribution in [0.5, 0.6) is 11.5 Å². The summed E-state index contributed by atoms with van der Waals surface area (Å²) >= 11 is 12.3. The Morgan fingerprint density at radius 1 is 0.967 bits per heavy atom. The van der Waals surface area contributed by atoms with Gasteiger partial charge < -0.3 is 14.0 Å². The third kappa shape index (κ3) is 4.42. The predicted molar refractivity (Wildman–Crippen MR) is 117 cm³/mol. The number of aryl methyl sites for hydroxylation is 1. The SMILES string of the molecule is COc1ccc(Cl)cc1-c1noc(-c2cccc(COc3cc(C)ccc3Cl)c2)n1. The monoisotopic (exact) mass is 440 g/mol. The molecule has 0 aliphatic rings. The van der Waals surface area contributed by atoms with Gasteiger partial charge in [0, 0.05) is 10.6 Å². The number of hydrogen-bond acceptors (Lipinski definition) is 5. The molecule has 0 aliphatic heterocycles. The van der Waals surface area contributed by atoms with Crippen molar-refractivity contribution in [2.45, 2.75) is 13.5 Å². The van der Waals surface area contributed by atoms with Gasteiger partial charge in [-0.3, -0.25) is 0 Å². The van der Waals surface area contributed by atoms with Gasteiger partial charge in [-0.2, -0.15) is 4.98 Å². The normalized spacial score (nSPS) is 10.8. The molecule has 0 saturated carbocycles. The van der Waals surface area contributed by atoms with E-state index in [0.29, 0.717) is 45.4 Å². The number of ether oxygens (including phenoxy) is 2. The summed E-state index contributed by atoms with van der Waals surface area (Å²) in [4.78, 5) is 4.51. The molecule has 0 spiro atoms. The molecule has 1 aromatic heterocycles. The van der Waals surface area contributed by atoms with Gasteiger partial charge in [0.2, 0.25) is 5.82 Å². The van der Waals surface area contributed by atoms with Crippen molar-refractivity contribution in [3.63, 3.8) is 0 Å². The van der Waals surface area contributed by atoms with Crippen LogP contribution in [0.25, 0.3) is 22.8 Å². The zero-order valence-electron chi connectivity index (χ0n) is 16.4. The van der Waals surface area contributed by atoms with Crippen LogP contribution in [0.2, 0.25) is 10.0 Å². The first kappa shape index (κ1) is 20.3. The third-order valence-corrected chi connectivity index (χ3v) is 5.03. The van der Waals surface area contributed by atoms with Crippen LogP contribution in [0.1, 0.15) is 11.1 Å². The van der Waals surface area contributed by atoms with Crippen LogP contribution in [0.3, 0.4) is 0 Å². The minimum Gasteiger partial charge on any atom is -0.496 e. The maximum Gasteiger partial charge on any atom is 0.258 e. The van der Waals surface area contributed by atoms with Crippen molar-refractivity contribution in [3.8, 4) is 34.3 Å². The van der Waals surface area contributed by atoms with E-state index in [9.17, 15) is 0 Å². The molecule has 30 heavy (non-hydrogen) atoms. The molecule has 0 N–H and O–H groups in total. The lowest BCUT2D eigenvalue weighted by molar-refractivity contribution is 0.306. The highest BCUT2D eigenvalue weighted by Gasteiger charge is 2.15. The summed E-state index contributed by atoms with van der Waals surface area (Å²) in [6.45, 7) is 2.35. The Bertz CT molecular complexity index is 1190. The second-order valence-corrected chi connectivity index (χ2v) is 7.53. The van der Waals surface area contributed by atoms with E-state index < -0.39 is 0 Å². The molecule has 3 aromatic carbocycles. The molecule has 0 saturated heterocycles. The Balaban J connectivity index is 1.56. The molecule has 0 amide bonds. The van der Waals surface area contributed by atoms with Crippen LogP contribution in [0.15, 0.2) is 65.2 Å². The highest BCUT2D eigenvalue weighted by Crippen LogP contribution is 2.32. The van der Waals surface area contributed by atoms with Crippen LogP contribution in [0, 0.1) is 6.92 Å². The molecular formula is C23H18Cl2N2O3. The van der Waals surface area contributed by atoms with E-state index in [1.165, 1.54) is 0 Å². The fourth-order valence-corrected chi connectivity index (χ4v) is 3.33. The highest BCUT2D eigenvalue weighted by molar-refractivity contribution is 6.32. The van der Waals surface area contributed by atoms with E-state index >= 15 is 0 Å². The minimum atomic E-state index is 0.361. The van der Waals surface area contributed by atoms with Crippen molar-refractivity contribution in [1.29, 1.82) is 0 Å². The molecule has 152 valence electrons.